The van der Waals surface area contributed by atoms with Gasteiger partial charge < -0.3 is 10.0 Å². The third-order valence-electron chi connectivity index (χ3n) is 2.94. The van der Waals surface area contributed by atoms with Gasteiger partial charge in [0.15, 0.2) is 5.54 Å². The highest BCUT2D eigenvalue weighted by Crippen LogP contribution is 2.24. The summed E-state index contributed by atoms with van der Waals surface area (Å²) in [6.45, 7) is 1.98. The quantitative estimate of drug-likeness (QED) is 0.606. The number of carboxylic acids is 1. The summed E-state index contributed by atoms with van der Waals surface area (Å²) in [5, 5.41) is 9.60. The maximum Gasteiger partial charge on any atom is 0.331 e. The van der Waals surface area contributed by atoms with Crippen molar-refractivity contribution in [2.24, 2.45) is 4.99 Å². The second-order valence-corrected chi connectivity index (χ2v) is 4.96. The molecule has 1 atom stereocenters. The molecule has 4 nitrogen and oxygen atoms in total. The average Bonchev–Trinajstić information content (AvgIpc) is 2.37. The second kappa shape index (κ2) is 6.92. The number of hydrogen-bond donors (Lipinski definition) is 1. The fourth-order valence-electron chi connectivity index (χ4n) is 2.01. The SMILES string of the molecule is CCCC(Cc1ccccc1)(N=CN(C)C)C(=O)O. The number of aliphatic carboxylic acids is 1. The van der Waals surface area contributed by atoms with E-state index < -0.39 is 11.5 Å². The number of benzene rings is 1. The highest BCUT2D eigenvalue weighted by Gasteiger charge is 2.37. The van der Waals surface area contributed by atoms with Crippen LogP contribution in [0.3, 0.4) is 0 Å². The lowest BCUT2D eigenvalue weighted by atomic mass is 9.87. The van der Waals surface area contributed by atoms with E-state index in [1.165, 1.54) is 0 Å². The molecule has 1 aromatic carbocycles. The topological polar surface area (TPSA) is 52.9 Å². The zero-order valence-corrected chi connectivity index (χ0v) is 11.8. The highest BCUT2D eigenvalue weighted by atomic mass is 16.4. The van der Waals surface area contributed by atoms with Gasteiger partial charge in [-0.3, -0.25) is 4.99 Å². The van der Waals surface area contributed by atoms with Crippen molar-refractivity contribution in [1.29, 1.82) is 0 Å². The maximum absolute atomic E-state index is 11.7. The minimum atomic E-state index is -1.07. The van der Waals surface area contributed by atoms with Crippen LogP contribution >= 0.6 is 0 Å². The normalized spacial score (nSPS) is 14.3. The van der Waals surface area contributed by atoms with Gasteiger partial charge in [-0.05, 0) is 12.0 Å². The van der Waals surface area contributed by atoms with Crippen LogP contribution in [-0.4, -0.2) is 41.9 Å². The van der Waals surface area contributed by atoms with Crippen LogP contribution in [0.15, 0.2) is 35.3 Å². The van der Waals surface area contributed by atoms with Crippen molar-refractivity contribution in [3.63, 3.8) is 0 Å². The minimum Gasteiger partial charge on any atom is -0.479 e. The number of aliphatic imine (C=N–C) groups is 1. The summed E-state index contributed by atoms with van der Waals surface area (Å²) < 4.78 is 0. The minimum absolute atomic E-state index is 0.418. The smallest absolute Gasteiger partial charge is 0.331 e. The van der Waals surface area contributed by atoms with Crippen LogP contribution in [0.2, 0.25) is 0 Å². The van der Waals surface area contributed by atoms with Crippen molar-refractivity contribution in [1.82, 2.24) is 4.90 Å². The molecule has 0 saturated heterocycles. The molecule has 4 heteroatoms. The van der Waals surface area contributed by atoms with E-state index in [0.717, 1.165) is 12.0 Å². The van der Waals surface area contributed by atoms with E-state index in [0.29, 0.717) is 12.8 Å². The van der Waals surface area contributed by atoms with Gasteiger partial charge >= 0.3 is 5.97 Å². The number of hydrogen-bond acceptors (Lipinski definition) is 2. The molecule has 104 valence electrons. The molecule has 0 aromatic heterocycles. The first-order chi connectivity index (χ1) is 9.00. The van der Waals surface area contributed by atoms with Crippen LogP contribution in [0.1, 0.15) is 25.3 Å². The van der Waals surface area contributed by atoms with Crippen LogP contribution in [0.5, 0.6) is 0 Å². The number of nitrogens with zero attached hydrogens (tertiary/aromatic N) is 2. The van der Waals surface area contributed by atoms with Gasteiger partial charge in [0.1, 0.15) is 0 Å². The fourth-order valence-corrected chi connectivity index (χ4v) is 2.01. The molecular formula is C15H22N2O2. The molecule has 0 aliphatic rings. The molecular weight excluding hydrogens is 240 g/mol. The standard InChI is InChI=1S/C15H22N2O2/c1-4-10-15(14(18)19,16-12-17(2)3)11-13-8-6-5-7-9-13/h5-9,12H,4,10-11H2,1-3H3,(H,18,19). The van der Waals surface area contributed by atoms with Crippen LogP contribution in [0.4, 0.5) is 0 Å². The van der Waals surface area contributed by atoms with Crippen molar-refractivity contribution in [2.45, 2.75) is 31.7 Å². The van der Waals surface area contributed by atoms with E-state index in [9.17, 15) is 9.90 Å². The molecule has 0 aliphatic carbocycles. The van der Waals surface area contributed by atoms with E-state index in [1.807, 2.05) is 51.4 Å². The number of rotatable bonds is 7. The van der Waals surface area contributed by atoms with Gasteiger partial charge in [0.25, 0.3) is 0 Å². The summed E-state index contributed by atoms with van der Waals surface area (Å²) in [5.74, 6) is -0.865. The summed E-state index contributed by atoms with van der Waals surface area (Å²) in [7, 11) is 3.68. The van der Waals surface area contributed by atoms with Gasteiger partial charge in [-0.15, -0.1) is 0 Å². The summed E-state index contributed by atoms with van der Waals surface area (Å²) in [6.07, 6.45) is 3.32. The van der Waals surface area contributed by atoms with Crippen molar-refractivity contribution in [3.8, 4) is 0 Å². The maximum atomic E-state index is 11.7. The summed E-state index contributed by atoms with van der Waals surface area (Å²) in [5.41, 5.74) is -0.0744. The number of carbonyl (C=O) groups is 1. The Hall–Kier alpha value is -1.84. The molecule has 1 rings (SSSR count). The van der Waals surface area contributed by atoms with Crippen molar-refractivity contribution < 1.29 is 9.90 Å². The van der Waals surface area contributed by atoms with Crippen LogP contribution in [0.25, 0.3) is 0 Å². The Kier molecular flexibility index (Phi) is 5.55. The van der Waals surface area contributed by atoms with Gasteiger partial charge in [-0.25, -0.2) is 4.79 Å². The molecule has 0 spiro atoms. The molecule has 0 heterocycles. The van der Waals surface area contributed by atoms with Gasteiger partial charge in [-0.1, -0.05) is 43.7 Å². The van der Waals surface area contributed by atoms with Gasteiger partial charge in [0.05, 0.1) is 6.34 Å². The number of carboxylic acid groups (broad SMARTS) is 1. The first-order valence-corrected chi connectivity index (χ1v) is 6.49. The van der Waals surface area contributed by atoms with E-state index in [2.05, 4.69) is 4.99 Å². The Bertz CT molecular complexity index is 429. The van der Waals surface area contributed by atoms with Crippen molar-refractivity contribution in [3.05, 3.63) is 35.9 Å². The fraction of sp³-hybridized carbons (Fsp3) is 0.467. The lowest BCUT2D eigenvalue weighted by Gasteiger charge is -2.25. The summed E-state index contributed by atoms with van der Waals surface area (Å²) in [4.78, 5) is 17.8. The lowest BCUT2D eigenvalue weighted by molar-refractivity contribution is -0.143. The Balaban J connectivity index is 3.05. The molecule has 0 fully saturated rings. The highest BCUT2D eigenvalue weighted by molar-refractivity contribution is 5.81. The van der Waals surface area contributed by atoms with Gasteiger partial charge in [0.2, 0.25) is 0 Å². The zero-order chi connectivity index (χ0) is 14.3. The van der Waals surface area contributed by atoms with E-state index >= 15 is 0 Å². The van der Waals surface area contributed by atoms with Crippen molar-refractivity contribution >= 4 is 12.3 Å². The predicted molar refractivity (Wildman–Crippen MR) is 77.6 cm³/mol. The predicted octanol–water partition coefficient (Wildman–Crippen LogP) is 2.44. The lowest BCUT2D eigenvalue weighted by Crippen LogP contribution is -2.39. The van der Waals surface area contributed by atoms with E-state index in [4.69, 9.17) is 0 Å². The monoisotopic (exact) mass is 262 g/mol. The van der Waals surface area contributed by atoms with Crippen molar-refractivity contribution in [2.75, 3.05) is 14.1 Å². The molecule has 0 saturated carbocycles. The second-order valence-electron chi connectivity index (χ2n) is 4.96. The molecule has 0 radical (unpaired) electrons. The first-order valence-electron chi connectivity index (χ1n) is 6.49. The molecule has 0 bridgehead atoms. The molecule has 0 aliphatic heterocycles. The van der Waals surface area contributed by atoms with E-state index in [-0.39, 0.29) is 0 Å². The Labute approximate surface area is 114 Å². The summed E-state index contributed by atoms with van der Waals surface area (Å²) in [6, 6.07) is 9.65. The van der Waals surface area contributed by atoms with Gasteiger partial charge in [-0.2, -0.15) is 0 Å². The van der Waals surface area contributed by atoms with Crippen LogP contribution < -0.4 is 0 Å². The Morgan fingerprint density at radius 3 is 2.47 bits per heavy atom. The average molecular weight is 262 g/mol. The summed E-state index contributed by atoms with van der Waals surface area (Å²) >= 11 is 0. The van der Waals surface area contributed by atoms with Crippen LogP contribution in [-0.2, 0) is 11.2 Å². The molecule has 1 aromatic rings. The Morgan fingerprint density at radius 2 is 2.00 bits per heavy atom. The molecule has 1 unspecified atom stereocenters. The van der Waals surface area contributed by atoms with Gasteiger partial charge in [0, 0.05) is 20.5 Å². The third-order valence-corrected chi connectivity index (χ3v) is 2.94. The zero-order valence-electron chi connectivity index (χ0n) is 11.8. The third kappa shape index (κ3) is 4.39. The largest absolute Gasteiger partial charge is 0.479 e. The molecule has 1 N–H and O–H groups in total. The molecule has 19 heavy (non-hydrogen) atoms. The van der Waals surface area contributed by atoms with E-state index in [1.54, 1.807) is 11.2 Å². The Morgan fingerprint density at radius 1 is 1.37 bits per heavy atom. The molecule has 0 amide bonds. The first kappa shape index (κ1) is 15.2. The van der Waals surface area contributed by atoms with Crippen LogP contribution in [0, 0.1) is 0 Å².